The Balaban J connectivity index is 1.68. The molecule has 4 heteroatoms. The number of rotatable bonds is 6. The highest BCUT2D eigenvalue weighted by molar-refractivity contribution is 6.11. The van der Waals surface area contributed by atoms with Gasteiger partial charge in [0, 0.05) is 21.5 Å². The van der Waals surface area contributed by atoms with Crippen LogP contribution in [0, 0.1) is 6.92 Å². The zero-order valence-corrected chi connectivity index (χ0v) is 16.0. The molecule has 0 aliphatic carbocycles. The summed E-state index contributed by atoms with van der Waals surface area (Å²) in [6.07, 6.45) is 0. The summed E-state index contributed by atoms with van der Waals surface area (Å²) in [5.41, 5.74) is 0.871. The molecule has 2 aliphatic rings. The molecule has 4 nitrogen and oxygen atoms in total. The van der Waals surface area contributed by atoms with Crippen LogP contribution in [0.25, 0.3) is 21.5 Å². The van der Waals surface area contributed by atoms with Gasteiger partial charge in [-0.3, -0.25) is 0 Å². The number of hydrogen-bond donors (Lipinski definition) is 0. The molecule has 0 amide bonds. The van der Waals surface area contributed by atoms with Crippen molar-refractivity contribution in [2.24, 2.45) is 0 Å². The highest BCUT2D eigenvalue weighted by Gasteiger charge is 2.41. The van der Waals surface area contributed by atoms with Crippen LogP contribution in [-0.4, -0.2) is 37.6 Å². The molecule has 0 bridgehead atoms. The van der Waals surface area contributed by atoms with Gasteiger partial charge in [0.1, 0.15) is 35.9 Å². The largest absolute Gasteiger partial charge is 0.489 e. The van der Waals surface area contributed by atoms with Crippen molar-refractivity contribution in [3.05, 3.63) is 48.0 Å². The highest BCUT2D eigenvalue weighted by atomic mass is 16.6. The molecule has 2 saturated heterocycles. The van der Waals surface area contributed by atoms with E-state index in [1.54, 1.807) is 0 Å². The first-order valence-corrected chi connectivity index (χ1v) is 9.45. The molecule has 3 aromatic rings. The minimum atomic E-state index is -0.162. The fourth-order valence-corrected chi connectivity index (χ4v) is 3.39. The number of hydrogen-bond acceptors (Lipinski definition) is 4. The Morgan fingerprint density at radius 2 is 1.26 bits per heavy atom. The summed E-state index contributed by atoms with van der Waals surface area (Å²) >= 11 is 0. The zero-order valence-electron chi connectivity index (χ0n) is 16.0. The van der Waals surface area contributed by atoms with E-state index in [4.69, 9.17) is 18.9 Å². The van der Waals surface area contributed by atoms with E-state index in [1.165, 1.54) is 5.56 Å². The van der Waals surface area contributed by atoms with Gasteiger partial charge in [0.25, 0.3) is 0 Å². The summed E-state index contributed by atoms with van der Waals surface area (Å²) in [6.45, 7) is 8.86. The Morgan fingerprint density at radius 1 is 0.778 bits per heavy atom. The summed E-state index contributed by atoms with van der Waals surface area (Å²) in [6, 6.07) is 14.7. The second kappa shape index (κ2) is 5.85. The van der Waals surface area contributed by atoms with Crippen molar-refractivity contribution < 1.29 is 18.9 Å². The molecule has 2 heterocycles. The quantitative estimate of drug-likeness (QED) is 0.472. The van der Waals surface area contributed by atoms with Gasteiger partial charge in [-0.15, -0.1) is 0 Å². The van der Waals surface area contributed by atoms with Crippen LogP contribution in [-0.2, 0) is 9.47 Å². The number of epoxide rings is 2. The van der Waals surface area contributed by atoms with Crippen LogP contribution < -0.4 is 9.47 Å². The predicted molar refractivity (Wildman–Crippen MR) is 106 cm³/mol. The minimum absolute atomic E-state index is 0.162. The van der Waals surface area contributed by atoms with Gasteiger partial charge in [0.05, 0.1) is 13.2 Å². The topological polar surface area (TPSA) is 43.5 Å². The lowest BCUT2D eigenvalue weighted by Crippen LogP contribution is -2.18. The highest BCUT2D eigenvalue weighted by Crippen LogP contribution is 2.44. The van der Waals surface area contributed by atoms with Gasteiger partial charge in [-0.25, -0.2) is 0 Å². The van der Waals surface area contributed by atoms with Crippen molar-refractivity contribution in [1.29, 1.82) is 0 Å². The third-order valence-electron chi connectivity index (χ3n) is 5.40. The first kappa shape index (κ1) is 16.8. The Bertz CT molecular complexity index is 1030. The molecule has 2 fully saturated rings. The molecular formula is C23H24O4. The van der Waals surface area contributed by atoms with E-state index in [-0.39, 0.29) is 11.2 Å². The second-order valence-corrected chi connectivity index (χ2v) is 8.31. The lowest BCUT2D eigenvalue weighted by Gasteiger charge is -2.19. The number of ether oxygens (including phenoxy) is 4. The smallest absolute Gasteiger partial charge is 0.135 e. The fourth-order valence-electron chi connectivity index (χ4n) is 3.39. The maximum atomic E-state index is 6.32. The third-order valence-corrected chi connectivity index (χ3v) is 5.40. The lowest BCUT2D eigenvalue weighted by atomic mass is 9.99. The number of fused-ring (bicyclic) bond motifs is 2. The van der Waals surface area contributed by atoms with E-state index in [0.717, 1.165) is 46.3 Å². The fraction of sp³-hybridized carbons (Fsp3) is 0.391. The van der Waals surface area contributed by atoms with E-state index in [1.807, 2.05) is 12.1 Å². The number of benzene rings is 3. The van der Waals surface area contributed by atoms with Crippen molar-refractivity contribution in [1.82, 2.24) is 0 Å². The van der Waals surface area contributed by atoms with Gasteiger partial charge in [-0.2, -0.15) is 0 Å². The summed E-state index contributed by atoms with van der Waals surface area (Å²) in [7, 11) is 0. The summed E-state index contributed by atoms with van der Waals surface area (Å²) in [5, 5.41) is 4.28. The van der Waals surface area contributed by atoms with Crippen molar-refractivity contribution in [2.75, 3.05) is 26.4 Å². The van der Waals surface area contributed by atoms with Gasteiger partial charge >= 0.3 is 0 Å². The average molecular weight is 364 g/mol. The average Bonchev–Trinajstić information content (AvgIpc) is 3.57. The molecule has 0 spiro atoms. The van der Waals surface area contributed by atoms with E-state index in [0.29, 0.717) is 13.2 Å². The molecular weight excluding hydrogens is 340 g/mol. The normalized spacial score (nSPS) is 26.3. The van der Waals surface area contributed by atoms with E-state index < -0.39 is 0 Å². The second-order valence-electron chi connectivity index (χ2n) is 8.31. The molecule has 140 valence electrons. The van der Waals surface area contributed by atoms with Crippen LogP contribution in [0.5, 0.6) is 11.5 Å². The molecule has 0 aromatic heterocycles. The van der Waals surface area contributed by atoms with Gasteiger partial charge in [0.2, 0.25) is 0 Å². The van der Waals surface area contributed by atoms with Crippen LogP contribution in [0.15, 0.2) is 42.5 Å². The molecule has 3 aromatic carbocycles. The van der Waals surface area contributed by atoms with Crippen molar-refractivity contribution >= 4 is 21.5 Å². The zero-order chi connectivity index (χ0) is 18.6. The maximum Gasteiger partial charge on any atom is 0.135 e. The van der Waals surface area contributed by atoms with E-state index in [9.17, 15) is 0 Å². The molecule has 0 saturated carbocycles. The SMILES string of the molecule is Cc1ccc2c(OCC3(C)CO3)c3ccccc3c(OCC3(C)CO3)c2c1. The Hall–Kier alpha value is -2.30. The van der Waals surface area contributed by atoms with Crippen molar-refractivity contribution in [2.45, 2.75) is 32.0 Å². The van der Waals surface area contributed by atoms with Crippen LogP contribution in [0.3, 0.4) is 0 Å². The molecule has 5 rings (SSSR count). The van der Waals surface area contributed by atoms with Crippen LogP contribution in [0.2, 0.25) is 0 Å². The summed E-state index contributed by atoms with van der Waals surface area (Å²) in [5.74, 6) is 1.81. The van der Waals surface area contributed by atoms with E-state index in [2.05, 4.69) is 51.1 Å². The van der Waals surface area contributed by atoms with Crippen LogP contribution in [0.4, 0.5) is 0 Å². The molecule has 2 aliphatic heterocycles. The van der Waals surface area contributed by atoms with Crippen LogP contribution in [0.1, 0.15) is 19.4 Å². The lowest BCUT2D eigenvalue weighted by molar-refractivity contribution is 0.203. The Labute approximate surface area is 159 Å². The number of aryl methyl sites for hydroxylation is 1. The molecule has 0 radical (unpaired) electrons. The van der Waals surface area contributed by atoms with Crippen molar-refractivity contribution in [3.8, 4) is 11.5 Å². The van der Waals surface area contributed by atoms with Gasteiger partial charge in [-0.1, -0.05) is 42.0 Å². The molecule has 0 N–H and O–H groups in total. The van der Waals surface area contributed by atoms with Crippen LogP contribution >= 0.6 is 0 Å². The Morgan fingerprint density at radius 3 is 1.78 bits per heavy atom. The van der Waals surface area contributed by atoms with Crippen molar-refractivity contribution in [3.63, 3.8) is 0 Å². The standard InChI is InChI=1S/C23H24O4/c1-15-8-9-18-19(10-15)21(25-12-23(3)14-27-23)17-7-5-4-6-16(17)20(18)24-11-22(2)13-26-22/h4-10H,11-14H2,1-3H3. The van der Waals surface area contributed by atoms with Gasteiger partial charge in [0.15, 0.2) is 0 Å². The first-order chi connectivity index (χ1) is 13.0. The molecule has 2 unspecified atom stereocenters. The Kier molecular flexibility index (Phi) is 3.65. The summed E-state index contributed by atoms with van der Waals surface area (Å²) in [4.78, 5) is 0. The van der Waals surface area contributed by atoms with Gasteiger partial charge in [-0.05, 0) is 26.8 Å². The van der Waals surface area contributed by atoms with E-state index >= 15 is 0 Å². The summed E-state index contributed by atoms with van der Waals surface area (Å²) < 4.78 is 23.6. The predicted octanol–water partition coefficient (Wildman–Crippen LogP) is 4.64. The monoisotopic (exact) mass is 364 g/mol. The maximum absolute atomic E-state index is 6.32. The van der Waals surface area contributed by atoms with Gasteiger partial charge < -0.3 is 18.9 Å². The minimum Gasteiger partial charge on any atom is -0.489 e. The molecule has 2 atom stereocenters. The first-order valence-electron chi connectivity index (χ1n) is 9.45. The molecule has 27 heavy (non-hydrogen) atoms. The third kappa shape index (κ3) is 3.13.